The lowest BCUT2D eigenvalue weighted by Crippen LogP contribution is -2.29. The number of sulfonamides is 1. The fourth-order valence-corrected chi connectivity index (χ4v) is 4.24. The number of rotatable bonds is 9. The summed E-state index contributed by atoms with van der Waals surface area (Å²) in [5.74, 6) is 0.608. The van der Waals surface area contributed by atoms with Crippen molar-refractivity contribution in [3.05, 3.63) is 94.5 Å². The van der Waals surface area contributed by atoms with Crippen molar-refractivity contribution in [1.29, 1.82) is 0 Å². The number of anilines is 1. The van der Waals surface area contributed by atoms with Crippen molar-refractivity contribution in [2.75, 3.05) is 17.2 Å². The molecule has 1 N–H and O–H groups in total. The van der Waals surface area contributed by atoms with Crippen molar-refractivity contribution in [3.8, 4) is 5.75 Å². The van der Waals surface area contributed by atoms with E-state index in [9.17, 15) is 13.2 Å². The first kappa shape index (κ1) is 24.3. The molecule has 0 aliphatic carbocycles. The fourth-order valence-electron chi connectivity index (χ4n) is 3.36. The van der Waals surface area contributed by atoms with E-state index < -0.39 is 10.0 Å². The normalized spacial score (nSPS) is 11.2. The molecule has 3 rings (SSSR count). The van der Waals surface area contributed by atoms with Gasteiger partial charge in [-0.05, 0) is 79.4 Å². The Labute approximate surface area is 196 Å². The molecule has 0 saturated heterocycles. The van der Waals surface area contributed by atoms with Gasteiger partial charge in [0, 0.05) is 12.1 Å². The Bertz CT molecular complexity index is 1200. The van der Waals surface area contributed by atoms with Crippen LogP contribution in [0.15, 0.2) is 66.7 Å². The van der Waals surface area contributed by atoms with Crippen LogP contribution in [0.2, 0.25) is 0 Å². The molecule has 6 nitrogen and oxygen atoms in total. The Morgan fingerprint density at radius 1 is 0.909 bits per heavy atom. The van der Waals surface area contributed by atoms with Crippen molar-refractivity contribution >= 4 is 21.6 Å². The van der Waals surface area contributed by atoms with Crippen LogP contribution < -0.4 is 14.4 Å². The summed E-state index contributed by atoms with van der Waals surface area (Å²) in [6.45, 7) is 7.08. The van der Waals surface area contributed by atoms with E-state index in [-0.39, 0.29) is 12.5 Å². The van der Waals surface area contributed by atoms with Gasteiger partial charge >= 0.3 is 0 Å². The van der Waals surface area contributed by atoms with Crippen LogP contribution >= 0.6 is 0 Å². The lowest BCUT2D eigenvalue weighted by molar-refractivity contribution is 0.0951. The first-order valence-corrected chi connectivity index (χ1v) is 12.7. The molecule has 3 aromatic carbocycles. The molecule has 1 amide bonds. The van der Waals surface area contributed by atoms with Crippen LogP contribution in [0, 0.1) is 13.8 Å². The highest BCUT2D eigenvalue weighted by Gasteiger charge is 2.18. The second-order valence-electron chi connectivity index (χ2n) is 7.99. The van der Waals surface area contributed by atoms with Gasteiger partial charge in [-0.25, -0.2) is 8.42 Å². The van der Waals surface area contributed by atoms with Crippen molar-refractivity contribution in [3.63, 3.8) is 0 Å². The van der Waals surface area contributed by atoms with Gasteiger partial charge in [0.25, 0.3) is 5.91 Å². The minimum atomic E-state index is -3.47. The zero-order valence-corrected chi connectivity index (χ0v) is 20.3. The molecule has 0 aliphatic rings. The van der Waals surface area contributed by atoms with Crippen LogP contribution in [0.4, 0.5) is 5.69 Å². The lowest BCUT2D eigenvalue weighted by Gasteiger charge is -2.23. The molecule has 0 aliphatic heterocycles. The molecule has 174 valence electrons. The number of carbonyl (C=O) groups is 1. The van der Waals surface area contributed by atoms with E-state index in [1.54, 1.807) is 24.3 Å². The van der Waals surface area contributed by atoms with Crippen LogP contribution in [0.25, 0.3) is 0 Å². The van der Waals surface area contributed by atoms with E-state index >= 15 is 0 Å². The molecule has 0 bridgehead atoms. The summed E-state index contributed by atoms with van der Waals surface area (Å²) < 4.78 is 31.7. The number of hydrogen-bond donors (Lipinski definition) is 1. The molecule has 0 atom stereocenters. The third-order valence-corrected chi connectivity index (χ3v) is 6.55. The predicted octanol–water partition coefficient (Wildman–Crippen LogP) is 4.60. The minimum absolute atomic E-state index is 0.190. The number of ether oxygens (including phenoxy) is 1. The molecule has 0 unspecified atom stereocenters. The highest BCUT2D eigenvalue weighted by atomic mass is 32.2. The summed E-state index contributed by atoms with van der Waals surface area (Å²) in [6.07, 6.45) is 1.20. The summed E-state index contributed by atoms with van der Waals surface area (Å²) in [5.41, 5.74) is 5.04. The van der Waals surface area contributed by atoms with Crippen LogP contribution in [-0.4, -0.2) is 27.2 Å². The quantitative estimate of drug-likeness (QED) is 0.500. The zero-order chi connectivity index (χ0) is 24.0. The van der Waals surface area contributed by atoms with E-state index in [4.69, 9.17) is 4.74 Å². The van der Waals surface area contributed by atoms with Crippen molar-refractivity contribution in [1.82, 2.24) is 5.32 Å². The van der Waals surface area contributed by atoms with Crippen molar-refractivity contribution < 1.29 is 17.9 Å². The van der Waals surface area contributed by atoms with Crippen molar-refractivity contribution in [2.24, 2.45) is 0 Å². The van der Waals surface area contributed by atoms with E-state index in [0.717, 1.165) is 28.0 Å². The number of hydrogen-bond acceptors (Lipinski definition) is 4. The highest BCUT2D eigenvalue weighted by molar-refractivity contribution is 7.92. The third kappa shape index (κ3) is 6.58. The Hall–Kier alpha value is -3.32. The maximum Gasteiger partial charge on any atom is 0.251 e. The molecule has 0 aromatic heterocycles. The van der Waals surface area contributed by atoms with Gasteiger partial charge in [0.05, 0.1) is 25.1 Å². The molecular formula is C26H30N2O4S. The summed E-state index contributed by atoms with van der Waals surface area (Å²) in [5, 5.41) is 2.90. The van der Waals surface area contributed by atoms with Gasteiger partial charge in [-0.15, -0.1) is 0 Å². The summed E-state index contributed by atoms with van der Waals surface area (Å²) in [6, 6.07) is 20.2. The van der Waals surface area contributed by atoms with Gasteiger partial charge in [-0.2, -0.15) is 0 Å². The second kappa shape index (κ2) is 10.5. The molecular weight excluding hydrogens is 436 g/mol. The average Bonchev–Trinajstić information content (AvgIpc) is 2.78. The molecule has 33 heavy (non-hydrogen) atoms. The number of nitrogens with zero attached hydrogens (tertiary/aromatic N) is 1. The molecule has 3 aromatic rings. The van der Waals surface area contributed by atoms with Gasteiger partial charge in [-0.1, -0.05) is 30.3 Å². The Morgan fingerprint density at radius 2 is 1.55 bits per heavy atom. The zero-order valence-electron chi connectivity index (χ0n) is 19.5. The maximum absolute atomic E-state index is 12.5. The van der Waals surface area contributed by atoms with E-state index in [0.29, 0.717) is 24.4 Å². The van der Waals surface area contributed by atoms with Crippen LogP contribution in [0.5, 0.6) is 5.75 Å². The van der Waals surface area contributed by atoms with Gasteiger partial charge in [0.15, 0.2) is 0 Å². The Morgan fingerprint density at radius 3 is 2.12 bits per heavy atom. The van der Waals surface area contributed by atoms with Gasteiger partial charge in [-0.3, -0.25) is 9.10 Å². The molecule has 7 heteroatoms. The standard InChI is InChI=1S/C26H30N2O4S/c1-5-32-25-14-9-21(10-15-25)17-27-26(29)23-11-7-22(8-12-23)18-28(33(4,30)31)24-13-6-19(2)20(3)16-24/h6-16H,5,17-18H2,1-4H3,(H,27,29). The molecule has 0 fully saturated rings. The summed E-state index contributed by atoms with van der Waals surface area (Å²) in [4.78, 5) is 12.5. The van der Waals surface area contributed by atoms with E-state index in [1.165, 1.54) is 10.6 Å². The average molecular weight is 467 g/mol. The number of nitrogens with one attached hydrogen (secondary N) is 1. The smallest absolute Gasteiger partial charge is 0.251 e. The van der Waals surface area contributed by atoms with Crippen LogP contribution in [0.3, 0.4) is 0 Å². The van der Waals surface area contributed by atoms with Gasteiger partial charge in [0.2, 0.25) is 10.0 Å². The van der Waals surface area contributed by atoms with Gasteiger partial charge in [0.1, 0.15) is 5.75 Å². The minimum Gasteiger partial charge on any atom is -0.494 e. The molecule has 0 heterocycles. The predicted molar refractivity (Wildman–Crippen MR) is 132 cm³/mol. The largest absolute Gasteiger partial charge is 0.494 e. The summed E-state index contributed by atoms with van der Waals surface area (Å²) in [7, 11) is -3.47. The first-order chi connectivity index (χ1) is 15.7. The monoisotopic (exact) mass is 466 g/mol. The van der Waals surface area contributed by atoms with Gasteiger partial charge < -0.3 is 10.1 Å². The molecule has 0 radical (unpaired) electrons. The number of aryl methyl sites for hydroxylation is 2. The molecule has 0 spiro atoms. The Balaban J connectivity index is 1.66. The van der Waals surface area contributed by atoms with Crippen LogP contribution in [0.1, 0.15) is 39.5 Å². The Kier molecular flexibility index (Phi) is 7.76. The summed E-state index contributed by atoms with van der Waals surface area (Å²) >= 11 is 0. The van der Waals surface area contributed by atoms with Crippen LogP contribution in [-0.2, 0) is 23.1 Å². The van der Waals surface area contributed by atoms with Crippen molar-refractivity contribution in [2.45, 2.75) is 33.9 Å². The first-order valence-electron chi connectivity index (χ1n) is 10.8. The topological polar surface area (TPSA) is 75.7 Å². The number of amides is 1. The number of carbonyl (C=O) groups excluding carboxylic acids is 1. The maximum atomic E-state index is 12.5. The second-order valence-corrected chi connectivity index (χ2v) is 9.90. The third-order valence-electron chi connectivity index (χ3n) is 5.41. The van der Waals surface area contributed by atoms with E-state index in [1.807, 2.05) is 63.2 Å². The number of benzene rings is 3. The highest BCUT2D eigenvalue weighted by Crippen LogP contribution is 2.23. The fraction of sp³-hybridized carbons (Fsp3) is 0.269. The van der Waals surface area contributed by atoms with E-state index in [2.05, 4.69) is 5.32 Å². The molecule has 0 saturated carbocycles. The lowest BCUT2D eigenvalue weighted by atomic mass is 10.1. The SMILES string of the molecule is CCOc1ccc(CNC(=O)c2ccc(CN(c3ccc(C)c(C)c3)S(C)(=O)=O)cc2)cc1.